The number of morpholine rings is 1. The summed E-state index contributed by atoms with van der Waals surface area (Å²) in [5, 5.41) is 90.0. The van der Waals surface area contributed by atoms with E-state index in [4.69, 9.17) is 37.9 Å². The number of aromatic hydroxyl groups is 2. The van der Waals surface area contributed by atoms with Gasteiger partial charge in [0.15, 0.2) is 37.0 Å². The van der Waals surface area contributed by atoms with Crippen LogP contribution in [0.4, 0.5) is 0 Å². The Hall–Kier alpha value is -7.60. The molecule has 478 valence electrons. The lowest BCUT2D eigenvalue weighted by Gasteiger charge is -2.43. The average molecular weight is 1240 g/mol. The molecule has 5 heterocycles. The zero-order valence-corrected chi connectivity index (χ0v) is 48.2. The number of rotatable bonds is 22. The molecule has 0 aromatic heterocycles. The van der Waals surface area contributed by atoms with Crippen molar-refractivity contribution in [2.45, 2.75) is 138 Å². The molecule has 4 fully saturated rings. The Kier molecular flexibility index (Phi) is 19.6. The first-order valence-electron chi connectivity index (χ1n) is 28.2. The largest absolute Gasteiger partial charge is 0.507 e. The highest BCUT2D eigenvalue weighted by atomic mass is 16.7. The Morgan fingerprint density at radius 1 is 0.807 bits per heavy atom. The third-order valence-corrected chi connectivity index (χ3v) is 16.3. The normalized spacial score (nSPS) is 29.6. The predicted molar refractivity (Wildman–Crippen MR) is 290 cm³/mol. The molecule has 32 nitrogen and oxygen atoms in total. The number of nitrogens with one attached hydrogen (secondary N) is 5. The zero-order valence-electron chi connectivity index (χ0n) is 48.2. The summed E-state index contributed by atoms with van der Waals surface area (Å²) in [4.78, 5) is 135. The number of aliphatic hydroxyl groups excluding tert-OH is 3. The molecule has 0 bridgehead atoms. The van der Waals surface area contributed by atoms with Gasteiger partial charge in [0.2, 0.25) is 29.4 Å². The summed E-state index contributed by atoms with van der Waals surface area (Å²) in [5.41, 5.74) is -4.59. The standard InChI is InChI=1S/C56H69N7O25/c1-22(2)39(61-30(64)11-12-57-31(65)20-63-32(66)9-10-33(63)67)50(76)60-26(21-84-53-46(74)44(72)45(73)48(88-53)52(77)78)49(75)58-13-14-59-55(79)56(80)18-25-36(43(71)38-37(41(25)69)40(68)24-7-6-8-28(81-4)35(24)42(38)70)29(19-56)86-34-17-27-47(23(3)85-34)87-51-54(82-5)83-16-15-62(27)51/h6-10,22-23,26-27,29,34,39,44-48,51,53-54,69,71-74,80H,11-21H2,1-5H3,(H,57,65)(H,58,75)(H,59,79)(H,60,76)(H,61,64)(H,77,78)/t23-,26-,27-,29-,34-,39-,44-,45-,46+,47+,48-,51+,53+,54-,56-/m0/s1. The molecule has 2 aromatic carbocycles. The monoisotopic (exact) mass is 1240 g/mol. The van der Waals surface area contributed by atoms with Gasteiger partial charge in [-0.05, 0) is 18.9 Å². The molecule has 32 heteroatoms. The minimum atomic E-state index is -2.55. The van der Waals surface area contributed by atoms with Gasteiger partial charge in [0.25, 0.3) is 17.7 Å². The number of hydrogen-bond donors (Lipinski definition) is 12. The summed E-state index contributed by atoms with van der Waals surface area (Å²) in [6.07, 6.45) is -15.3. The van der Waals surface area contributed by atoms with E-state index in [1.54, 1.807) is 6.92 Å². The number of nitrogens with zero attached hydrogens (tertiary/aromatic N) is 2. The van der Waals surface area contributed by atoms with Crippen molar-refractivity contribution in [1.29, 1.82) is 0 Å². The number of fused-ring (bicyclic) bond motifs is 6. The highest BCUT2D eigenvalue weighted by Gasteiger charge is 2.56. The molecule has 0 spiro atoms. The second kappa shape index (κ2) is 26.6. The third-order valence-electron chi connectivity index (χ3n) is 16.3. The van der Waals surface area contributed by atoms with Gasteiger partial charge in [-0.25, -0.2) is 4.79 Å². The average Bonchev–Trinajstić information content (AvgIpc) is 0.857. The van der Waals surface area contributed by atoms with Crippen molar-refractivity contribution < 1.29 is 122 Å². The minimum absolute atomic E-state index is 0.0111. The Balaban J connectivity index is 0.910. The van der Waals surface area contributed by atoms with Crippen LogP contribution in [-0.2, 0) is 77.9 Å². The van der Waals surface area contributed by atoms with Crippen molar-refractivity contribution in [2.24, 2.45) is 5.92 Å². The molecule has 7 aliphatic rings. The molecule has 2 aromatic rings. The minimum Gasteiger partial charge on any atom is -0.507 e. The van der Waals surface area contributed by atoms with E-state index in [2.05, 4.69) is 26.6 Å². The lowest BCUT2D eigenvalue weighted by atomic mass is 9.72. The fourth-order valence-corrected chi connectivity index (χ4v) is 11.9. The van der Waals surface area contributed by atoms with Crippen LogP contribution >= 0.6 is 0 Å². The van der Waals surface area contributed by atoms with Crippen LogP contribution in [0.15, 0.2) is 30.4 Å². The number of carbonyl (C=O) groups is 10. The summed E-state index contributed by atoms with van der Waals surface area (Å²) in [7, 11) is 2.76. The van der Waals surface area contributed by atoms with Crippen molar-refractivity contribution >= 4 is 58.9 Å². The predicted octanol–water partition coefficient (Wildman–Crippen LogP) is -4.65. The molecule has 88 heavy (non-hydrogen) atoms. The summed E-state index contributed by atoms with van der Waals surface area (Å²) < 4.78 is 46.7. The molecular weight excluding hydrogens is 1170 g/mol. The summed E-state index contributed by atoms with van der Waals surface area (Å²) in [6, 6.07) is 0.688. The Morgan fingerprint density at radius 3 is 2.19 bits per heavy atom. The van der Waals surface area contributed by atoms with Gasteiger partial charge in [-0.1, -0.05) is 26.0 Å². The molecule has 2 aliphatic carbocycles. The highest BCUT2D eigenvalue weighted by Crippen LogP contribution is 2.53. The number of aliphatic hydroxyl groups is 4. The molecule has 4 saturated heterocycles. The van der Waals surface area contributed by atoms with E-state index in [0.29, 0.717) is 18.1 Å². The van der Waals surface area contributed by atoms with E-state index in [1.165, 1.54) is 46.3 Å². The maximum absolute atomic E-state index is 14.4. The van der Waals surface area contributed by atoms with E-state index in [1.807, 2.05) is 4.90 Å². The van der Waals surface area contributed by atoms with Gasteiger partial charge in [-0.2, -0.15) is 0 Å². The summed E-state index contributed by atoms with van der Waals surface area (Å²) in [6.45, 7) is 2.78. The van der Waals surface area contributed by atoms with Gasteiger partial charge in [-0.3, -0.25) is 53.0 Å². The SMILES string of the molecule is COc1cccc2c1C(=O)c1c(O)c3c(c(O)c1C2=O)C[C@@](O)(C(=O)NCCNC(=O)[C@H](CO[C@@H]1O[C@H](C(=O)O)[C@@H](O)[C@H](O)[C@H]1O)NC(=O)[C@@H](NC(=O)CCNC(=O)CN1C(=O)C=CC1=O)C(C)C)C[C@@H]3O[C@H]1C[C@H]2[C@H](O[C@@H]3[C@@H](OC)OCCN32)[C@H](C)O1. The van der Waals surface area contributed by atoms with E-state index >= 15 is 0 Å². The van der Waals surface area contributed by atoms with Gasteiger partial charge in [0.1, 0.15) is 65.9 Å². The fraction of sp³-hybridized carbons (Fsp3) is 0.571. The second-order valence-electron chi connectivity index (χ2n) is 22.4. The van der Waals surface area contributed by atoms with E-state index in [-0.39, 0.29) is 47.0 Å². The van der Waals surface area contributed by atoms with Gasteiger partial charge in [0.05, 0.1) is 49.2 Å². The van der Waals surface area contributed by atoms with E-state index < -0.39 is 218 Å². The van der Waals surface area contributed by atoms with Crippen LogP contribution in [0.3, 0.4) is 0 Å². The number of carbonyl (C=O) groups excluding carboxylic acids is 9. The number of methoxy groups -OCH3 is 2. The molecule has 15 atom stereocenters. The number of phenols is 2. The van der Waals surface area contributed by atoms with Crippen LogP contribution in [-0.4, -0.2) is 250 Å². The van der Waals surface area contributed by atoms with Crippen molar-refractivity contribution in [3.05, 3.63) is 63.7 Å². The Morgan fingerprint density at radius 2 is 1.51 bits per heavy atom. The number of carboxylic acid groups (broad SMARTS) is 1. The van der Waals surface area contributed by atoms with Crippen LogP contribution in [0.5, 0.6) is 17.2 Å². The van der Waals surface area contributed by atoms with Crippen LogP contribution in [0.25, 0.3) is 0 Å². The van der Waals surface area contributed by atoms with Crippen molar-refractivity contribution in [2.75, 3.05) is 60.2 Å². The topological polar surface area (TPSA) is 453 Å². The molecule has 0 unspecified atom stereocenters. The van der Waals surface area contributed by atoms with Gasteiger partial charge < -0.3 is 100 Å². The van der Waals surface area contributed by atoms with Gasteiger partial charge in [0, 0.05) is 93.9 Å². The lowest BCUT2D eigenvalue weighted by Crippen LogP contribution is -2.61. The maximum Gasteiger partial charge on any atom is 0.335 e. The first kappa shape index (κ1) is 64.9. The zero-order chi connectivity index (χ0) is 63.8. The molecule has 0 radical (unpaired) electrons. The van der Waals surface area contributed by atoms with E-state index in [9.17, 15) is 83.7 Å². The molecular formula is C56H69N7O25. The highest BCUT2D eigenvalue weighted by molar-refractivity contribution is 6.31. The number of ketones is 2. The molecule has 9 rings (SSSR count). The lowest BCUT2D eigenvalue weighted by molar-refractivity contribution is -0.294. The fourth-order valence-electron chi connectivity index (χ4n) is 11.9. The first-order chi connectivity index (χ1) is 41.8. The van der Waals surface area contributed by atoms with Gasteiger partial charge >= 0.3 is 5.97 Å². The smallest absolute Gasteiger partial charge is 0.335 e. The Bertz CT molecular complexity index is 3140. The van der Waals surface area contributed by atoms with Crippen LogP contribution in [0.2, 0.25) is 0 Å². The number of hydrogen-bond acceptors (Lipinski definition) is 25. The summed E-state index contributed by atoms with van der Waals surface area (Å²) >= 11 is 0. The number of phenolic OH excluding ortho intramolecular Hbond substituents is 2. The molecule has 7 amide bonds. The number of benzene rings is 2. The van der Waals surface area contributed by atoms with Gasteiger partial charge in [-0.15, -0.1) is 0 Å². The number of aliphatic carboxylic acids is 1. The van der Waals surface area contributed by atoms with Crippen molar-refractivity contribution in [3.63, 3.8) is 0 Å². The van der Waals surface area contributed by atoms with Crippen molar-refractivity contribution in [3.8, 4) is 17.2 Å². The number of imide groups is 1. The third kappa shape index (κ3) is 12.8. The molecule has 12 N–H and O–H groups in total. The number of carboxylic acids is 1. The Labute approximate surface area is 500 Å². The molecule has 5 aliphatic heterocycles. The molecule has 0 saturated carbocycles. The first-order valence-corrected chi connectivity index (χ1v) is 28.2. The van der Waals surface area contributed by atoms with Crippen LogP contribution in [0, 0.1) is 5.92 Å². The van der Waals surface area contributed by atoms with E-state index in [0.717, 1.165) is 12.2 Å². The number of amides is 7. The maximum atomic E-state index is 14.4. The van der Waals surface area contributed by atoms with Crippen LogP contribution < -0.4 is 31.3 Å². The second-order valence-corrected chi connectivity index (χ2v) is 22.4. The number of ether oxygens (including phenoxy) is 8. The van der Waals surface area contributed by atoms with Crippen molar-refractivity contribution in [1.82, 2.24) is 36.4 Å². The quantitative estimate of drug-likeness (QED) is 0.0256. The van der Waals surface area contributed by atoms with Crippen LogP contribution in [0.1, 0.15) is 89.1 Å². The summed E-state index contributed by atoms with van der Waals surface area (Å²) in [5.74, 6) is -11.9.